The number of hydrogen-bond donors (Lipinski definition) is 2. The molecule has 11 heteroatoms. The molecule has 0 saturated heterocycles. The van der Waals surface area contributed by atoms with Gasteiger partial charge in [-0.05, 0) is 0 Å². The molecule has 0 aromatic carbocycles. The average molecular weight is 672 g/mol. The minimum atomic E-state index is -0.00683. The Morgan fingerprint density at radius 2 is 0.533 bits per heavy atom. The average Bonchev–Trinajstić information content (AvgIpc) is 3.82. The summed E-state index contributed by atoms with van der Waals surface area (Å²) in [6.45, 7) is 13.2. The van der Waals surface area contributed by atoms with Crippen molar-refractivity contribution >= 4 is 62.1 Å². The first kappa shape index (κ1) is 31.4. The van der Waals surface area contributed by atoms with Crippen LogP contribution in [0, 0.1) is 0 Å². The molecule has 0 aromatic heterocycles. The van der Waals surface area contributed by atoms with Gasteiger partial charge in [0.2, 0.25) is 0 Å². The Balaban J connectivity index is 1.64. The molecule has 8 bridgehead atoms. The molecule has 2 N–H and O–H groups in total. The number of nitrogens with one attached hydrogen (secondary N) is 2. The van der Waals surface area contributed by atoms with Crippen molar-refractivity contribution < 1.29 is 0 Å². The Labute approximate surface area is 273 Å². The summed E-state index contributed by atoms with van der Waals surface area (Å²) in [5, 5.41) is 0. The zero-order chi connectivity index (χ0) is 31.5. The molecule has 0 aliphatic carbocycles. The fourth-order valence-electron chi connectivity index (χ4n) is 6.47. The van der Waals surface area contributed by atoms with Crippen molar-refractivity contribution in [2.24, 2.45) is 39.9 Å². The van der Waals surface area contributed by atoms with Gasteiger partial charge in [-0.3, -0.25) is 0 Å². The van der Waals surface area contributed by atoms with Crippen LogP contribution in [0.2, 0.25) is 0 Å². The third kappa shape index (κ3) is 5.92. The Hall–Kier alpha value is -3.56. The topological polar surface area (TPSA) is 123 Å². The van der Waals surface area contributed by atoms with E-state index in [-0.39, 0.29) is 15.4 Å². The number of nitrogens with zero attached hydrogens (tertiary/aromatic N) is 8. The van der Waals surface area contributed by atoms with Gasteiger partial charge < -0.3 is 0 Å². The van der Waals surface area contributed by atoms with Crippen molar-refractivity contribution in [2.45, 2.75) is 119 Å². The van der Waals surface area contributed by atoms with E-state index in [2.05, 4.69) is 50.2 Å². The van der Waals surface area contributed by atoms with Gasteiger partial charge in [0, 0.05) is 0 Å². The fraction of sp³-hybridized carbons (Fsp3) is 0.529. The van der Waals surface area contributed by atoms with E-state index in [0.29, 0.717) is 23.3 Å². The predicted molar refractivity (Wildman–Crippen MR) is 189 cm³/mol. The summed E-state index contributed by atoms with van der Waals surface area (Å²) in [4.78, 5) is 41.1. The van der Waals surface area contributed by atoms with Crippen molar-refractivity contribution in [3.05, 3.63) is 44.8 Å². The molecular formula is C34H44N10Se. The van der Waals surface area contributed by atoms with Crippen molar-refractivity contribution in [1.29, 1.82) is 0 Å². The normalized spacial score (nSPS) is 20.5. The van der Waals surface area contributed by atoms with Crippen LogP contribution in [0.4, 0.5) is 0 Å². The Kier molecular flexibility index (Phi) is 9.66. The van der Waals surface area contributed by atoms with Crippen LogP contribution in [0.15, 0.2) is 84.8 Å². The first-order chi connectivity index (χ1) is 22.0. The molecule has 6 aliphatic rings. The molecule has 0 radical (unpaired) electrons. The van der Waals surface area contributed by atoms with Crippen molar-refractivity contribution in [1.82, 2.24) is 8.67 Å². The molecular weight excluding hydrogens is 627 g/mol. The first-order valence-electron chi connectivity index (χ1n) is 16.8. The van der Waals surface area contributed by atoms with Gasteiger partial charge in [-0.1, -0.05) is 13.8 Å². The SMILES string of the molecule is CCCC1=C(CCC)C2=NC3=NC(=NC4=NC(=NC5=NC(=NC1=N2)C(CCC)=C5CCC)C1=C4N[Se]N1)C(CCC)=C3CCC. The second kappa shape index (κ2) is 13.8. The molecule has 0 atom stereocenters. The van der Waals surface area contributed by atoms with Gasteiger partial charge in [-0.2, -0.15) is 0 Å². The molecule has 0 spiro atoms. The monoisotopic (exact) mass is 672 g/mol. The van der Waals surface area contributed by atoms with Crippen molar-refractivity contribution in [3.63, 3.8) is 0 Å². The van der Waals surface area contributed by atoms with E-state index < -0.39 is 0 Å². The summed E-state index contributed by atoms with van der Waals surface area (Å²) in [6, 6.07) is 0. The van der Waals surface area contributed by atoms with Crippen molar-refractivity contribution in [2.75, 3.05) is 0 Å². The summed E-state index contributed by atoms with van der Waals surface area (Å²) in [6.07, 6.45) is 11.3. The standard InChI is InChI=1S/C34H44N10Se/c1-7-13-19-20(14-8-2)28-35-27(19)36-29-21(15-9-3)23(17-11-5)31(38-29)40-33-25-26(44-45-43-25)34(42-33)41-32-24(18-12-6)22(16-10-4)30(37-28)39-32/h43-44H,7-18H2,1-6H3. The van der Waals surface area contributed by atoms with Gasteiger partial charge in [-0.15, -0.1) is 0 Å². The molecule has 45 heavy (non-hydrogen) atoms. The molecule has 0 saturated carbocycles. The molecule has 6 rings (SSSR count). The van der Waals surface area contributed by atoms with E-state index in [9.17, 15) is 0 Å². The van der Waals surface area contributed by atoms with Crippen LogP contribution in [-0.2, 0) is 0 Å². The van der Waals surface area contributed by atoms with Crippen molar-refractivity contribution in [3.8, 4) is 0 Å². The molecule has 10 nitrogen and oxygen atoms in total. The summed E-state index contributed by atoms with van der Waals surface area (Å²) in [5.74, 6) is 5.55. The van der Waals surface area contributed by atoms with Crippen LogP contribution in [0.25, 0.3) is 0 Å². The fourth-order valence-corrected chi connectivity index (χ4v) is 7.81. The first-order valence-corrected chi connectivity index (χ1v) is 18.6. The quantitative estimate of drug-likeness (QED) is 0.220. The van der Waals surface area contributed by atoms with Crippen LogP contribution < -0.4 is 8.67 Å². The van der Waals surface area contributed by atoms with E-state index >= 15 is 0 Å². The van der Waals surface area contributed by atoms with Gasteiger partial charge >= 0.3 is 260 Å². The second-order valence-corrected chi connectivity index (χ2v) is 13.2. The predicted octanol–water partition coefficient (Wildman–Crippen LogP) is 6.87. The van der Waals surface area contributed by atoms with Gasteiger partial charge in [0.15, 0.2) is 0 Å². The van der Waals surface area contributed by atoms with Gasteiger partial charge in [0.05, 0.1) is 0 Å². The molecule has 6 aliphatic heterocycles. The third-order valence-electron chi connectivity index (χ3n) is 8.41. The zero-order valence-corrected chi connectivity index (χ0v) is 29.2. The molecule has 0 unspecified atom stereocenters. The maximum atomic E-state index is 5.24. The Morgan fingerprint density at radius 3 is 0.778 bits per heavy atom. The summed E-state index contributed by atoms with van der Waals surface area (Å²) < 4.78 is 6.98. The number of amidine groups is 8. The van der Waals surface area contributed by atoms with Crippen LogP contribution in [-0.4, -0.2) is 62.1 Å². The number of aliphatic imine (C=N–C) groups is 8. The van der Waals surface area contributed by atoms with E-state index in [1.807, 2.05) is 0 Å². The van der Waals surface area contributed by atoms with E-state index in [1.54, 1.807) is 0 Å². The molecule has 236 valence electrons. The molecule has 0 amide bonds. The Morgan fingerprint density at radius 1 is 0.333 bits per heavy atom. The maximum absolute atomic E-state index is 5.24. The molecule has 6 heterocycles. The number of rotatable bonds is 12. The number of hydrogen-bond acceptors (Lipinski definition) is 10. The van der Waals surface area contributed by atoms with E-state index in [0.717, 1.165) is 123 Å². The minimum absolute atomic E-state index is 0.00683. The van der Waals surface area contributed by atoms with Crippen LogP contribution in [0.3, 0.4) is 0 Å². The van der Waals surface area contributed by atoms with Gasteiger partial charge in [-0.25, -0.2) is 0 Å². The molecule has 0 fully saturated rings. The van der Waals surface area contributed by atoms with Gasteiger partial charge in [0.25, 0.3) is 0 Å². The summed E-state index contributed by atoms with van der Waals surface area (Å²) >= 11 is -0.00683. The third-order valence-corrected chi connectivity index (χ3v) is 9.69. The van der Waals surface area contributed by atoms with Crippen LogP contribution in [0.5, 0.6) is 0 Å². The van der Waals surface area contributed by atoms with E-state index in [4.69, 9.17) is 39.9 Å². The second-order valence-electron chi connectivity index (χ2n) is 11.9. The Bertz CT molecular complexity index is 1670. The number of fused-ring (bicyclic) bond motifs is 6. The zero-order valence-electron chi connectivity index (χ0n) is 27.5. The summed E-state index contributed by atoms with van der Waals surface area (Å²) in [7, 11) is 0. The van der Waals surface area contributed by atoms with Gasteiger partial charge in [0.1, 0.15) is 0 Å². The van der Waals surface area contributed by atoms with E-state index in [1.165, 1.54) is 22.3 Å². The van der Waals surface area contributed by atoms with Crippen LogP contribution in [0.1, 0.15) is 119 Å². The summed E-state index contributed by atoms with van der Waals surface area (Å²) in [5.41, 5.74) is 8.80. The molecule has 0 aromatic rings. The van der Waals surface area contributed by atoms with Crippen LogP contribution >= 0.6 is 0 Å².